The van der Waals surface area contributed by atoms with Crippen molar-refractivity contribution in [2.45, 2.75) is 25.1 Å². The molecule has 0 amide bonds. The predicted molar refractivity (Wildman–Crippen MR) is 61.6 cm³/mol. The Morgan fingerprint density at radius 1 is 1.53 bits per heavy atom. The Kier molecular flexibility index (Phi) is 5.18. The van der Waals surface area contributed by atoms with Crippen molar-refractivity contribution in [3.8, 4) is 5.88 Å². The van der Waals surface area contributed by atoms with Gasteiger partial charge >= 0.3 is 0 Å². The summed E-state index contributed by atoms with van der Waals surface area (Å²) in [6.45, 7) is 2.84. The molecule has 1 unspecified atom stereocenters. The van der Waals surface area contributed by atoms with E-state index in [4.69, 9.17) is 16.3 Å². The third kappa shape index (κ3) is 4.83. The molecule has 1 N–H and O–H groups in total. The zero-order valence-electron chi connectivity index (χ0n) is 9.03. The average molecular weight is 230 g/mol. The summed E-state index contributed by atoms with van der Waals surface area (Å²) in [7, 11) is 1.57. The molecular weight excluding hydrogens is 214 g/mol. The molecule has 1 aromatic heterocycles. The van der Waals surface area contributed by atoms with Gasteiger partial charge in [0.25, 0.3) is 0 Å². The van der Waals surface area contributed by atoms with Gasteiger partial charge < -0.3 is 10.1 Å². The Bertz CT molecular complexity index is 294. The van der Waals surface area contributed by atoms with Crippen molar-refractivity contribution in [2.24, 2.45) is 0 Å². The fourth-order valence-electron chi connectivity index (χ4n) is 1.13. The Morgan fingerprint density at radius 3 is 3.00 bits per heavy atom. The lowest BCUT2D eigenvalue weighted by atomic mass is 10.2. The largest absolute Gasteiger partial charge is 0.480 e. The Balaban J connectivity index is 2.30. The molecule has 1 heterocycles. The van der Waals surface area contributed by atoms with Gasteiger partial charge in [-0.3, -0.25) is 4.98 Å². The van der Waals surface area contributed by atoms with E-state index in [9.17, 15) is 0 Å². The Labute approximate surface area is 95.0 Å². The first-order chi connectivity index (χ1) is 7.22. The molecule has 0 fully saturated rings. The van der Waals surface area contributed by atoms with Crippen LogP contribution in [0, 0.1) is 0 Å². The maximum Gasteiger partial charge on any atom is 0.233 e. The van der Waals surface area contributed by atoms with Crippen LogP contribution in [0.15, 0.2) is 12.4 Å². The number of halogens is 1. The SMILES string of the molecule is COc1cncc(NCCCC(C)Cl)n1. The van der Waals surface area contributed by atoms with E-state index in [1.54, 1.807) is 19.5 Å². The molecule has 0 bridgehead atoms. The molecular formula is C10H16ClN3O. The number of nitrogens with zero attached hydrogens (tertiary/aromatic N) is 2. The van der Waals surface area contributed by atoms with E-state index >= 15 is 0 Å². The molecule has 5 heteroatoms. The van der Waals surface area contributed by atoms with Crippen LogP contribution >= 0.6 is 11.6 Å². The first kappa shape index (κ1) is 12.0. The number of nitrogens with one attached hydrogen (secondary N) is 1. The van der Waals surface area contributed by atoms with Gasteiger partial charge in [0.15, 0.2) is 0 Å². The summed E-state index contributed by atoms with van der Waals surface area (Å²) >= 11 is 5.83. The average Bonchev–Trinajstić information content (AvgIpc) is 2.24. The van der Waals surface area contributed by atoms with Gasteiger partial charge in [-0.1, -0.05) is 0 Å². The van der Waals surface area contributed by atoms with Crippen LogP contribution in [0.5, 0.6) is 5.88 Å². The molecule has 1 aromatic rings. The van der Waals surface area contributed by atoms with Crippen molar-refractivity contribution < 1.29 is 4.74 Å². The second-order valence-electron chi connectivity index (χ2n) is 3.30. The van der Waals surface area contributed by atoms with Gasteiger partial charge in [-0.05, 0) is 19.8 Å². The van der Waals surface area contributed by atoms with E-state index in [0.717, 1.165) is 25.2 Å². The van der Waals surface area contributed by atoms with Gasteiger partial charge in [0.05, 0.1) is 19.5 Å². The molecule has 4 nitrogen and oxygen atoms in total. The van der Waals surface area contributed by atoms with E-state index in [-0.39, 0.29) is 5.38 Å². The number of anilines is 1. The van der Waals surface area contributed by atoms with Gasteiger partial charge in [-0.25, -0.2) is 0 Å². The van der Waals surface area contributed by atoms with Crippen molar-refractivity contribution >= 4 is 17.4 Å². The summed E-state index contributed by atoms with van der Waals surface area (Å²) < 4.78 is 4.96. The highest BCUT2D eigenvalue weighted by atomic mass is 35.5. The number of rotatable bonds is 6. The molecule has 0 radical (unpaired) electrons. The molecule has 1 atom stereocenters. The zero-order valence-corrected chi connectivity index (χ0v) is 9.79. The summed E-state index contributed by atoms with van der Waals surface area (Å²) in [6.07, 6.45) is 5.26. The number of hydrogen-bond acceptors (Lipinski definition) is 4. The standard InChI is InChI=1S/C10H16ClN3O/c1-8(11)4-3-5-13-9-6-12-7-10(14-9)15-2/h6-8H,3-5H2,1-2H3,(H,13,14). The second-order valence-corrected chi connectivity index (χ2v) is 4.04. The van der Waals surface area contributed by atoms with Gasteiger partial charge in [0.2, 0.25) is 5.88 Å². The number of methoxy groups -OCH3 is 1. The van der Waals surface area contributed by atoms with Crippen molar-refractivity contribution in [2.75, 3.05) is 19.0 Å². The van der Waals surface area contributed by atoms with Crippen LogP contribution in [-0.2, 0) is 0 Å². The van der Waals surface area contributed by atoms with E-state index < -0.39 is 0 Å². The molecule has 0 aliphatic heterocycles. The molecule has 0 aromatic carbocycles. The van der Waals surface area contributed by atoms with Gasteiger partial charge in [-0.15, -0.1) is 11.6 Å². The molecule has 0 saturated heterocycles. The van der Waals surface area contributed by atoms with E-state index in [1.807, 2.05) is 6.92 Å². The highest BCUT2D eigenvalue weighted by Gasteiger charge is 1.99. The predicted octanol–water partition coefficient (Wildman–Crippen LogP) is 2.30. The quantitative estimate of drug-likeness (QED) is 0.601. The smallest absolute Gasteiger partial charge is 0.233 e. The first-order valence-corrected chi connectivity index (χ1v) is 5.40. The fraction of sp³-hybridized carbons (Fsp3) is 0.600. The topological polar surface area (TPSA) is 47.0 Å². The number of alkyl halides is 1. The van der Waals surface area contributed by atoms with Crippen LogP contribution in [0.4, 0.5) is 5.82 Å². The lowest BCUT2D eigenvalue weighted by Gasteiger charge is -2.06. The Hall–Kier alpha value is -1.03. The maximum atomic E-state index is 5.83. The highest BCUT2D eigenvalue weighted by molar-refractivity contribution is 6.20. The van der Waals surface area contributed by atoms with Crippen LogP contribution in [0.3, 0.4) is 0 Å². The molecule has 0 spiro atoms. The van der Waals surface area contributed by atoms with Crippen LogP contribution in [0.2, 0.25) is 0 Å². The molecule has 0 aliphatic rings. The lowest BCUT2D eigenvalue weighted by molar-refractivity contribution is 0.396. The van der Waals surface area contributed by atoms with Gasteiger partial charge in [0, 0.05) is 11.9 Å². The summed E-state index contributed by atoms with van der Waals surface area (Å²) in [5.41, 5.74) is 0. The Morgan fingerprint density at radius 2 is 2.33 bits per heavy atom. The summed E-state index contributed by atoms with van der Waals surface area (Å²) in [6, 6.07) is 0. The second kappa shape index (κ2) is 6.45. The first-order valence-electron chi connectivity index (χ1n) is 4.96. The minimum absolute atomic E-state index is 0.225. The van der Waals surface area contributed by atoms with Crippen molar-refractivity contribution in [1.29, 1.82) is 0 Å². The lowest BCUT2D eigenvalue weighted by Crippen LogP contribution is -2.06. The minimum atomic E-state index is 0.225. The molecule has 84 valence electrons. The molecule has 1 rings (SSSR count). The third-order valence-corrected chi connectivity index (χ3v) is 2.12. The number of aromatic nitrogens is 2. The third-order valence-electron chi connectivity index (χ3n) is 1.91. The van der Waals surface area contributed by atoms with Crippen molar-refractivity contribution in [3.63, 3.8) is 0 Å². The monoisotopic (exact) mass is 229 g/mol. The normalized spacial score (nSPS) is 12.2. The maximum absolute atomic E-state index is 5.83. The molecule has 0 aliphatic carbocycles. The minimum Gasteiger partial charge on any atom is -0.480 e. The van der Waals surface area contributed by atoms with Crippen molar-refractivity contribution in [1.82, 2.24) is 9.97 Å². The van der Waals surface area contributed by atoms with E-state index in [1.165, 1.54) is 0 Å². The summed E-state index contributed by atoms with van der Waals surface area (Å²) in [5, 5.41) is 3.39. The number of ether oxygens (including phenoxy) is 1. The van der Waals surface area contributed by atoms with E-state index in [2.05, 4.69) is 15.3 Å². The van der Waals surface area contributed by atoms with E-state index in [0.29, 0.717) is 5.88 Å². The van der Waals surface area contributed by atoms with Crippen LogP contribution in [0.1, 0.15) is 19.8 Å². The summed E-state index contributed by atoms with van der Waals surface area (Å²) in [5.74, 6) is 1.25. The van der Waals surface area contributed by atoms with Crippen LogP contribution < -0.4 is 10.1 Å². The molecule has 15 heavy (non-hydrogen) atoms. The fourth-order valence-corrected chi connectivity index (χ4v) is 1.29. The zero-order chi connectivity index (χ0) is 11.1. The van der Waals surface area contributed by atoms with Crippen molar-refractivity contribution in [3.05, 3.63) is 12.4 Å². The molecule has 0 saturated carbocycles. The number of hydrogen-bond donors (Lipinski definition) is 1. The van der Waals surface area contributed by atoms with Gasteiger partial charge in [0.1, 0.15) is 5.82 Å². The summed E-state index contributed by atoms with van der Waals surface area (Å²) in [4.78, 5) is 8.17. The highest BCUT2D eigenvalue weighted by Crippen LogP contribution is 2.09. The van der Waals surface area contributed by atoms with Gasteiger partial charge in [-0.2, -0.15) is 4.98 Å². The van der Waals surface area contributed by atoms with Crippen LogP contribution in [0.25, 0.3) is 0 Å². The van der Waals surface area contributed by atoms with Crippen LogP contribution in [-0.4, -0.2) is 29.0 Å².